The van der Waals surface area contributed by atoms with Crippen molar-refractivity contribution in [2.75, 3.05) is 6.54 Å². The molecule has 0 aliphatic heterocycles. The van der Waals surface area contributed by atoms with Crippen LogP contribution in [0.4, 0.5) is 0 Å². The van der Waals surface area contributed by atoms with Crippen LogP contribution in [0.25, 0.3) is 11.1 Å². The fourth-order valence-electron chi connectivity index (χ4n) is 3.98. The molecule has 1 aromatic heterocycles. The van der Waals surface area contributed by atoms with Crippen molar-refractivity contribution in [3.8, 4) is 11.1 Å². The number of aromatic carboxylic acids is 1. The minimum absolute atomic E-state index is 0. The number of aromatic nitrogens is 1. The van der Waals surface area contributed by atoms with E-state index in [1.807, 2.05) is 31.2 Å². The molecule has 2 N–H and O–H groups in total. The third-order valence-electron chi connectivity index (χ3n) is 5.81. The molecule has 1 aliphatic carbocycles. The first-order chi connectivity index (χ1) is 14.5. The third kappa shape index (κ3) is 5.82. The molecule has 0 spiro atoms. The van der Waals surface area contributed by atoms with Crippen LogP contribution in [0.1, 0.15) is 45.3 Å². The molecule has 31 heavy (non-hydrogen) atoms. The molecule has 0 saturated carbocycles. The zero-order valence-corrected chi connectivity index (χ0v) is 20.0. The van der Waals surface area contributed by atoms with Gasteiger partial charge in [-0.15, -0.1) is 0 Å². The quantitative estimate of drug-likeness (QED) is 0.527. The van der Waals surface area contributed by atoms with Crippen molar-refractivity contribution in [3.63, 3.8) is 0 Å². The maximum atomic E-state index is 11.0. The van der Waals surface area contributed by atoms with Crippen LogP contribution >= 0.6 is 0 Å². The number of aryl methyl sites for hydroxylation is 2. The number of rotatable bonds is 6. The molecule has 2 atom stereocenters. The van der Waals surface area contributed by atoms with Crippen LogP contribution in [0.2, 0.25) is 0 Å². The second-order valence-electron chi connectivity index (χ2n) is 7.94. The van der Waals surface area contributed by atoms with Gasteiger partial charge in [0.2, 0.25) is 0 Å². The van der Waals surface area contributed by atoms with E-state index in [1.54, 1.807) is 18.3 Å². The number of carboxylic acids is 1. The van der Waals surface area contributed by atoms with Gasteiger partial charge in [0.25, 0.3) is 0 Å². The maximum absolute atomic E-state index is 11.0. The van der Waals surface area contributed by atoms with Crippen molar-refractivity contribution >= 4 is 5.97 Å². The minimum atomic E-state index is -1.16. The molecule has 6 heteroatoms. The Morgan fingerprint density at radius 2 is 1.87 bits per heavy atom. The first-order valence-electron chi connectivity index (χ1n) is 10.3. The Kier molecular flexibility index (Phi) is 8.03. The summed E-state index contributed by atoms with van der Waals surface area (Å²) in [4.78, 5) is 15.2. The Morgan fingerprint density at radius 3 is 2.55 bits per heavy atom. The largest absolute Gasteiger partial charge is 1.00 e. The Morgan fingerprint density at radius 1 is 1.13 bits per heavy atom. The summed E-state index contributed by atoms with van der Waals surface area (Å²) in [5.41, 5.74) is 6.66. The molecule has 2 aromatic carbocycles. The molecule has 5 nitrogen and oxygen atoms in total. The number of hydrogen-bond acceptors (Lipinski definition) is 5. The van der Waals surface area contributed by atoms with Crippen LogP contribution in [0.3, 0.4) is 0 Å². The molecule has 4 rings (SSSR count). The van der Waals surface area contributed by atoms with Gasteiger partial charge in [-0.3, -0.25) is 4.98 Å². The van der Waals surface area contributed by atoms with Gasteiger partial charge in [-0.1, -0.05) is 48.5 Å². The van der Waals surface area contributed by atoms with E-state index in [0.29, 0.717) is 12.6 Å². The standard InChI is InChI=1S/C25H26N2O3.Na/c1-16-2-3-21(14-26-16)24(28)15-27-23-11-10-18-6-9-20(12-22(18)13-23)17-4-7-19(8-5-17)25(29)30;/h2-9,12,14,23-24,27-28H,10-11,13,15H2,1H3,(H,29,30);/q;+1/p-1/t23-,24-;/m0./s1. The number of hydrogen-bond donors (Lipinski definition) is 2. The first kappa shape index (κ1) is 23.6. The Hall–Kier alpha value is -2.02. The molecular formula is C25H25N2NaO3. The number of aliphatic hydroxyl groups excluding tert-OH is 1. The van der Waals surface area contributed by atoms with Crippen LogP contribution < -0.4 is 40.0 Å². The number of nitrogens with one attached hydrogen (secondary N) is 1. The summed E-state index contributed by atoms with van der Waals surface area (Å²) in [6, 6.07) is 17.4. The van der Waals surface area contributed by atoms with Gasteiger partial charge in [0.15, 0.2) is 0 Å². The fraction of sp³-hybridized carbons (Fsp3) is 0.280. The number of carboxylic acid groups (broad SMARTS) is 1. The van der Waals surface area contributed by atoms with E-state index < -0.39 is 12.1 Å². The van der Waals surface area contributed by atoms with Gasteiger partial charge in [0, 0.05) is 30.0 Å². The van der Waals surface area contributed by atoms with Crippen molar-refractivity contribution in [3.05, 3.63) is 88.7 Å². The van der Waals surface area contributed by atoms with Crippen molar-refractivity contribution < 1.29 is 44.6 Å². The predicted octanol–water partition coefficient (Wildman–Crippen LogP) is -0.395. The zero-order valence-electron chi connectivity index (χ0n) is 18.0. The van der Waals surface area contributed by atoms with E-state index in [0.717, 1.165) is 41.6 Å². The van der Waals surface area contributed by atoms with Crippen molar-refractivity contribution in [2.24, 2.45) is 0 Å². The van der Waals surface area contributed by atoms with E-state index >= 15 is 0 Å². The third-order valence-corrected chi connectivity index (χ3v) is 5.81. The van der Waals surface area contributed by atoms with Crippen LogP contribution in [-0.2, 0) is 12.8 Å². The zero-order chi connectivity index (χ0) is 21.1. The summed E-state index contributed by atoms with van der Waals surface area (Å²) in [6.45, 7) is 2.43. The summed E-state index contributed by atoms with van der Waals surface area (Å²) in [5, 5.41) is 24.9. The monoisotopic (exact) mass is 424 g/mol. The Labute approximate surface area is 204 Å². The summed E-state index contributed by atoms with van der Waals surface area (Å²) >= 11 is 0. The van der Waals surface area contributed by atoms with Crippen LogP contribution in [-0.4, -0.2) is 28.6 Å². The molecule has 154 valence electrons. The van der Waals surface area contributed by atoms with E-state index in [9.17, 15) is 15.0 Å². The summed E-state index contributed by atoms with van der Waals surface area (Å²) in [5.74, 6) is -1.16. The molecule has 1 aliphatic rings. The first-order valence-corrected chi connectivity index (χ1v) is 10.3. The molecule has 1 heterocycles. The summed E-state index contributed by atoms with van der Waals surface area (Å²) < 4.78 is 0. The van der Waals surface area contributed by atoms with Gasteiger partial charge in [-0.2, -0.15) is 0 Å². The smallest absolute Gasteiger partial charge is 0.545 e. The van der Waals surface area contributed by atoms with E-state index in [4.69, 9.17) is 0 Å². The molecule has 0 fully saturated rings. The van der Waals surface area contributed by atoms with E-state index in [1.165, 1.54) is 11.1 Å². The van der Waals surface area contributed by atoms with Crippen molar-refractivity contribution in [1.29, 1.82) is 0 Å². The van der Waals surface area contributed by atoms with Gasteiger partial charge in [0.05, 0.1) is 12.1 Å². The predicted molar refractivity (Wildman–Crippen MR) is 114 cm³/mol. The normalized spacial score (nSPS) is 16.1. The van der Waals surface area contributed by atoms with Crippen LogP contribution in [0.5, 0.6) is 0 Å². The van der Waals surface area contributed by atoms with Crippen LogP contribution in [0, 0.1) is 6.92 Å². The van der Waals surface area contributed by atoms with Crippen molar-refractivity contribution in [1.82, 2.24) is 10.3 Å². The van der Waals surface area contributed by atoms with E-state index in [-0.39, 0.29) is 35.1 Å². The number of fused-ring (bicyclic) bond motifs is 1. The van der Waals surface area contributed by atoms with Gasteiger partial charge < -0.3 is 20.3 Å². The van der Waals surface area contributed by atoms with Gasteiger partial charge >= 0.3 is 29.6 Å². The molecule has 0 unspecified atom stereocenters. The van der Waals surface area contributed by atoms with Gasteiger partial charge in [-0.05, 0) is 60.1 Å². The molecular weight excluding hydrogens is 399 g/mol. The maximum Gasteiger partial charge on any atom is 1.00 e. The molecule has 3 aromatic rings. The number of aliphatic hydroxyl groups is 1. The number of carbonyl (C=O) groups excluding carboxylic acids is 1. The second-order valence-corrected chi connectivity index (χ2v) is 7.94. The van der Waals surface area contributed by atoms with Crippen LogP contribution in [0.15, 0.2) is 60.8 Å². The SMILES string of the molecule is Cc1ccc([C@@H](O)CN[C@H]2CCc3ccc(-c4ccc(C(=O)[O-])cc4)cc3C2)cn1.[Na+]. The fourth-order valence-corrected chi connectivity index (χ4v) is 3.98. The van der Waals surface area contributed by atoms with Gasteiger partial charge in [-0.25, -0.2) is 0 Å². The Bertz CT molecular complexity index is 1040. The number of nitrogens with zero attached hydrogens (tertiary/aromatic N) is 1. The van der Waals surface area contributed by atoms with Crippen molar-refractivity contribution in [2.45, 2.75) is 38.3 Å². The Balaban J connectivity index is 0.00000272. The van der Waals surface area contributed by atoms with Gasteiger partial charge in [0.1, 0.15) is 0 Å². The summed E-state index contributed by atoms with van der Waals surface area (Å²) in [6.07, 6.45) is 4.09. The second kappa shape index (κ2) is 10.5. The molecule has 0 saturated heterocycles. The average Bonchev–Trinajstić information content (AvgIpc) is 2.77. The molecule has 0 radical (unpaired) electrons. The average molecular weight is 424 g/mol. The number of pyridine rings is 1. The minimum Gasteiger partial charge on any atom is -0.545 e. The summed E-state index contributed by atoms with van der Waals surface area (Å²) in [7, 11) is 0. The topological polar surface area (TPSA) is 85.3 Å². The van der Waals surface area contributed by atoms with E-state index in [2.05, 4.69) is 28.5 Å². The molecule has 0 amide bonds. The number of benzene rings is 2. The number of carbonyl (C=O) groups is 1. The molecule has 0 bridgehead atoms.